The fraction of sp³-hybridized carbons (Fsp3) is 0.917. The highest BCUT2D eigenvalue weighted by Crippen LogP contribution is 2.43. The van der Waals surface area contributed by atoms with Crippen molar-refractivity contribution >= 4 is 21.8 Å². The number of hydrogen-bond donors (Lipinski definition) is 0. The molecule has 0 aromatic carbocycles. The van der Waals surface area contributed by atoms with Gasteiger partial charge in [-0.2, -0.15) is 26.3 Å². The number of carbonyl (C=O) groups is 1. The highest BCUT2D eigenvalue weighted by Gasteiger charge is 2.70. The molecule has 1 rings (SSSR count). The first-order valence-electron chi connectivity index (χ1n) is 6.93. The lowest BCUT2D eigenvalue weighted by Gasteiger charge is -2.47. The Morgan fingerprint density at radius 1 is 1.04 bits per heavy atom. The monoisotopic (exact) mass is 356 g/mol. The van der Waals surface area contributed by atoms with Crippen LogP contribution in [0.1, 0.15) is 20.8 Å². The maximum Gasteiger partial charge on any atom is 0.427 e. The molecule has 0 spiro atoms. The van der Waals surface area contributed by atoms with Gasteiger partial charge in [-0.15, -0.1) is 0 Å². The molecule has 1 fully saturated rings. The molecule has 0 bridgehead atoms. The van der Waals surface area contributed by atoms with E-state index >= 15 is 0 Å². The molecule has 4 nitrogen and oxygen atoms in total. The summed E-state index contributed by atoms with van der Waals surface area (Å²) in [6, 6.07) is 0. The number of carbonyl (C=O) groups excluding carboxylic acids is 1. The fourth-order valence-corrected chi connectivity index (χ4v) is 2.29. The fourth-order valence-electron chi connectivity index (χ4n) is 2.29. The predicted molar refractivity (Wildman–Crippen MR) is 74.7 cm³/mol. The van der Waals surface area contributed by atoms with Gasteiger partial charge in [0, 0.05) is 25.2 Å². The second kappa shape index (κ2) is 6.34. The average Bonchev–Trinajstić information content (AvgIpc) is 2.34. The second-order valence-corrected chi connectivity index (χ2v) is 6.48. The molecule has 1 saturated heterocycles. The third-order valence-corrected chi connectivity index (χ3v) is 3.63. The Morgan fingerprint density at radius 3 is 1.83 bits per heavy atom. The van der Waals surface area contributed by atoms with E-state index in [4.69, 9.17) is 7.85 Å². The molecule has 0 saturated carbocycles. The van der Waals surface area contributed by atoms with E-state index in [0.29, 0.717) is 4.90 Å². The van der Waals surface area contributed by atoms with Gasteiger partial charge in [-0.1, -0.05) is 0 Å². The lowest BCUT2D eigenvalue weighted by atomic mass is 9.79. The summed E-state index contributed by atoms with van der Waals surface area (Å²) in [6.07, 6.45) is -13.9. The van der Waals surface area contributed by atoms with Crippen molar-refractivity contribution in [3.05, 3.63) is 0 Å². The van der Waals surface area contributed by atoms with Crippen molar-refractivity contribution in [3.63, 3.8) is 0 Å². The maximum absolute atomic E-state index is 12.6. The summed E-state index contributed by atoms with van der Waals surface area (Å²) in [5, 5.41) is 0. The molecule has 0 aliphatic carbocycles. The summed E-state index contributed by atoms with van der Waals surface area (Å²) < 4.78 is 79.5. The molecule has 0 aromatic rings. The third-order valence-electron chi connectivity index (χ3n) is 3.63. The number of piperazine rings is 1. The summed E-state index contributed by atoms with van der Waals surface area (Å²) >= 11 is 0. The molecule has 0 aromatic heterocycles. The van der Waals surface area contributed by atoms with Crippen LogP contribution in [0.4, 0.5) is 31.1 Å². The second-order valence-electron chi connectivity index (χ2n) is 6.48. The minimum atomic E-state index is -6.02. The first kappa shape index (κ1) is 21.0. The lowest BCUT2D eigenvalue weighted by molar-refractivity contribution is -0.331. The van der Waals surface area contributed by atoms with Gasteiger partial charge in [0.1, 0.15) is 0 Å². The molecule has 1 unspecified atom stereocenters. The highest BCUT2D eigenvalue weighted by atomic mass is 19.4. The highest BCUT2D eigenvalue weighted by molar-refractivity contribution is 6.16. The van der Waals surface area contributed by atoms with E-state index < -0.39 is 29.9 Å². The molecule has 1 atom stereocenters. The number of halogens is 6. The van der Waals surface area contributed by atoms with Crippen LogP contribution in [0, 0.1) is 0 Å². The average molecular weight is 356 g/mol. The van der Waals surface area contributed by atoms with Crippen LogP contribution in [0.3, 0.4) is 0 Å². The molecule has 24 heavy (non-hydrogen) atoms. The largest absolute Gasteiger partial charge is 0.434 e. The smallest absolute Gasteiger partial charge is 0.427 e. The van der Waals surface area contributed by atoms with Crippen LogP contribution in [0.2, 0.25) is 0 Å². The molecule has 1 heterocycles. The molecule has 0 N–H and O–H groups in total. The molecule has 4 radical (unpaired) electrons. The molecule has 12 heteroatoms. The van der Waals surface area contributed by atoms with Gasteiger partial charge < -0.3 is 14.5 Å². The van der Waals surface area contributed by atoms with Gasteiger partial charge in [0.05, 0.1) is 7.85 Å². The van der Waals surface area contributed by atoms with Crippen molar-refractivity contribution in [1.82, 2.24) is 9.80 Å². The Hall–Kier alpha value is -1.06. The van der Waals surface area contributed by atoms with Crippen LogP contribution in [0.5, 0.6) is 0 Å². The van der Waals surface area contributed by atoms with Crippen molar-refractivity contribution < 1.29 is 35.9 Å². The third kappa shape index (κ3) is 4.12. The number of alkyl halides is 6. The van der Waals surface area contributed by atoms with E-state index in [-0.39, 0.29) is 25.2 Å². The minimum absolute atomic E-state index is 0.143. The van der Waals surface area contributed by atoms with E-state index in [1.165, 1.54) is 0 Å². The first-order valence-corrected chi connectivity index (χ1v) is 6.93. The van der Waals surface area contributed by atoms with E-state index in [9.17, 15) is 31.1 Å². The van der Waals surface area contributed by atoms with Gasteiger partial charge in [-0.05, 0) is 26.7 Å². The molecule has 1 amide bonds. The summed E-state index contributed by atoms with van der Waals surface area (Å²) in [7, 11) is 10.2. The molecular formula is C12H16B2F6N2O2. The Kier molecular flexibility index (Phi) is 5.55. The van der Waals surface area contributed by atoms with Gasteiger partial charge in [0.15, 0.2) is 7.85 Å². The predicted octanol–water partition coefficient (Wildman–Crippen LogP) is 2.02. The number of rotatable bonds is 1. The molecular weight excluding hydrogens is 340 g/mol. The van der Waals surface area contributed by atoms with E-state index in [1.807, 2.05) is 20.8 Å². The standard InChI is InChI=1S/C12H16B2F6N2O2/c1-9(2,3)22-5-4-21(6-7(22)13)8(23)24-10(14,11(15,16)17)12(18,19)20/h7H,4-6H2,1-3H3. The normalized spacial score (nSPS) is 21.7. The first-order chi connectivity index (χ1) is 10.5. The Bertz CT molecular complexity index is 464. The van der Waals surface area contributed by atoms with Crippen LogP contribution in [-0.2, 0) is 4.74 Å². The summed E-state index contributed by atoms with van der Waals surface area (Å²) in [5.41, 5.74) is -5.46. The number of nitrogens with zero attached hydrogens (tertiary/aromatic N) is 2. The minimum Gasteiger partial charge on any atom is -0.434 e. The topological polar surface area (TPSA) is 32.8 Å². The number of hydrogen-bond acceptors (Lipinski definition) is 3. The van der Waals surface area contributed by atoms with Crippen LogP contribution in [-0.4, -0.2) is 80.6 Å². The van der Waals surface area contributed by atoms with Gasteiger partial charge in [0.25, 0.3) is 5.50 Å². The summed E-state index contributed by atoms with van der Waals surface area (Å²) in [4.78, 5) is 14.2. The molecule has 1 aliphatic heterocycles. The van der Waals surface area contributed by atoms with Crippen LogP contribution >= 0.6 is 0 Å². The van der Waals surface area contributed by atoms with Crippen molar-refractivity contribution in [1.29, 1.82) is 0 Å². The van der Waals surface area contributed by atoms with Gasteiger partial charge in [0.2, 0.25) is 0 Å². The van der Waals surface area contributed by atoms with Crippen molar-refractivity contribution in [2.45, 2.75) is 50.1 Å². The SMILES string of the molecule is [B]C1CN(C(=O)OC([B])(C(F)(F)F)C(F)(F)F)CCN1C(C)(C)C. The zero-order valence-corrected chi connectivity index (χ0v) is 13.3. The number of ether oxygens (including phenoxy) is 1. The quantitative estimate of drug-likeness (QED) is 0.533. The van der Waals surface area contributed by atoms with Crippen molar-refractivity contribution in [3.8, 4) is 0 Å². The van der Waals surface area contributed by atoms with Crippen molar-refractivity contribution in [2.75, 3.05) is 19.6 Å². The Morgan fingerprint density at radius 2 is 1.50 bits per heavy atom. The maximum atomic E-state index is 12.6. The Labute approximate surface area is 138 Å². The zero-order chi connectivity index (χ0) is 19.1. The van der Waals surface area contributed by atoms with Gasteiger partial charge in [-0.25, -0.2) is 4.79 Å². The zero-order valence-electron chi connectivity index (χ0n) is 13.3. The van der Waals surface area contributed by atoms with Gasteiger partial charge in [-0.3, -0.25) is 0 Å². The Balaban J connectivity index is 2.89. The number of amides is 1. The van der Waals surface area contributed by atoms with E-state index in [0.717, 1.165) is 0 Å². The van der Waals surface area contributed by atoms with Gasteiger partial charge >= 0.3 is 18.4 Å². The van der Waals surface area contributed by atoms with Crippen LogP contribution in [0.15, 0.2) is 0 Å². The summed E-state index contributed by atoms with van der Waals surface area (Å²) in [5.74, 6) is -0.768. The molecule has 134 valence electrons. The van der Waals surface area contributed by atoms with Crippen LogP contribution < -0.4 is 0 Å². The lowest BCUT2D eigenvalue weighted by Crippen LogP contribution is -2.64. The molecule has 1 aliphatic rings. The van der Waals surface area contributed by atoms with Crippen molar-refractivity contribution in [2.24, 2.45) is 0 Å². The van der Waals surface area contributed by atoms with Crippen LogP contribution in [0.25, 0.3) is 0 Å². The summed E-state index contributed by atoms with van der Waals surface area (Å²) in [6.45, 7) is 5.23. The van der Waals surface area contributed by atoms with E-state index in [2.05, 4.69) is 12.6 Å². The van der Waals surface area contributed by atoms with E-state index in [1.54, 1.807) is 4.90 Å².